The van der Waals surface area contributed by atoms with Crippen molar-refractivity contribution in [3.8, 4) is 11.5 Å². The van der Waals surface area contributed by atoms with Crippen LogP contribution in [0.4, 0.5) is 5.00 Å². The van der Waals surface area contributed by atoms with Crippen molar-refractivity contribution in [3.05, 3.63) is 57.8 Å². The molecular weight excluding hydrogens is 438 g/mol. The van der Waals surface area contributed by atoms with Crippen molar-refractivity contribution in [3.63, 3.8) is 0 Å². The van der Waals surface area contributed by atoms with Crippen LogP contribution in [-0.4, -0.2) is 36.7 Å². The van der Waals surface area contributed by atoms with Gasteiger partial charge in [-0.3, -0.25) is 9.59 Å². The number of hydrogen-bond acceptors (Lipinski definition) is 9. The van der Waals surface area contributed by atoms with Crippen LogP contribution in [0, 0.1) is 13.8 Å². The van der Waals surface area contributed by atoms with Crippen molar-refractivity contribution >= 4 is 34.1 Å². The van der Waals surface area contributed by atoms with E-state index in [9.17, 15) is 14.4 Å². The maximum absolute atomic E-state index is 12.3. The number of hydrogen-bond donors (Lipinski definition) is 2. The second-order valence-corrected chi connectivity index (χ2v) is 7.53. The van der Waals surface area contributed by atoms with Gasteiger partial charge in [-0.15, -0.1) is 11.3 Å². The highest BCUT2D eigenvalue weighted by atomic mass is 32.1. The highest BCUT2D eigenvalue weighted by Gasteiger charge is 2.17. The van der Waals surface area contributed by atoms with Gasteiger partial charge in [0.1, 0.15) is 17.4 Å². The van der Waals surface area contributed by atoms with E-state index in [-0.39, 0.29) is 17.7 Å². The Kier molecular flexibility index (Phi) is 7.11. The third-order valence-electron chi connectivity index (χ3n) is 4.47. The van der Waals surface area contributed by atoms with Crippen molar-refractivity contribution in [1.29, 1.82) is 0 Å². The highest BCUT2D eigenvalue weighted by Crippen LogP contribution is 2.30. The molecule has 2 aromatic heterocycles. The normalized spacial score (nSPS) is 10.5. The fraction of sp³-hybridized carbons (Fsp3) is 0.238. The average molecular weight is 459 g/mol. The number of esters is 1. The van der Waals surface area contributed by atoms with E-state index in [1.807, 2.05) is 6.92 Å². The van der Waals surface area contributed by atoms with Crippen LogP contribution in [0.25, 0.3) is 0 Å². The molecule has 0 saturated carbocycles. The maximum Gasteiger partial charge on any atom is 0.338 e. The van der Waals surface area contributed by atoms with Crippen LogP contribution in [0.5, 0.6) is 11.5 Å². The van der Waals surface area contributed by atoms with E-state index in [4.69, 9.17) is 24.5 Å². The number of rotatable bonds is 9. The van der Waals surface area contributed by atoms with Crippen molar-refractivity contribution in [2.75, 3.05) is 19.0 Å². The lowest BCUT2D eigenvalue weighted by Gasteiger charge is -2.12. The zero-order valence-corrected chi connectivity index (χ0v) is 18.4. The quantitative estimate of drug-likeness (QED) is 0.465. The van der Waals surface area contributed by atoms with E-state index < -0.39 is 24.4 Å². The third-order valence-corrected chi connectivity index (χ3v) is 5.30. The van der Waals surface area contributed by atoms with E-state index in [2.05, 4.69) is 10.5 Å². The van der Waals surface area contributed by atoms with Crippen LogP contribution in [-0.2, 0) is 16.1 Å². The summed E-state index contributed by atoms with van der Waals surface area (Å²) in [6, 6.07) is 6.01. The highest BCUT2D eigenvalue weighted by molar-refractivity contribution is 7.14. The molecule has 0 atom stereocenters. The van der Waals surface area contributed by atoms with Crippen LogP contribution in [0.2, 0.25) is 0 Å². The standard InChI is InChI=1S/C21H21N3O7S/c1-11-15(12(2)31-24-11)9-29-16-5-4-13(8-17(16)28-3)21(27)30-10-18(25)23-20-14(19(22)26)6-7-32-20/h4-8H,9-10H2,1-3H3,(H2,22,26)(H,23,25). The Morgan fingerprint density at radius 3 is 2.62 bits per heavy atom. The first kappa shape index (κ1) is 22.8. The Morgan fingerprint density at radius 1 is 1.19 bits per heavy atom. The van der Waals surface area contributed by atoms with E-state index in [1.54, 1.807) is 18.4 Å². The number of ether oxygens (including phenoxy) is 3. The van der Waals surface area contributed by atoms with Gasteiger partial charge in [0.2, 0.25) is 0 Å². The summed E-state index contributed by atoms with van der Waals surface area (Å²) in [7, 11) is 1.44. The second kappa shape index (κ2) is 9.96. The van der Waals surface area contributed by atoms with Crippen LogP contribution in [0.1, 0.15) is 37.7 Å². The average Bonchev–Trinajstić information content (AvgIpc) is 3.36. The fourth-order valence-electron chi connectivity index (χ4n) is 2.75. The zero-order valence-electron chi connectivity index (χ0n) is 17.6. The number of carbonyl (C=O) groups is 3. The summed E-state index contributed by atoms with van der Waals surface area (Å²) in [5.41, 5.74) is 7.15. The predicted octanol–water partition coefficient (Wildman–Crippen LogP) is 2.83. The molecule has 0 spiro atoms. The molecular formula is C21H21N3O7S. The largest absolute Gasteiger partial charge is 0.493 e. The van der Waals surface area contributed by atoms with Gasteiger partial charge in [0, 0.05) is 0 Å². The Bertz CT molecular complexity index is 1130. The number of thiophene rings is 1. The molecule has 0 radical (unpaired) electrons. The first-order valence-corrected chi connectivity index (χ1v) is 10.2. The van der Waals surface area contributed by atoms with Gasteiger partial charge in [-0.25, -0.2) is 4.79 Å². The lowest BCUT2D eigenvalue weighted by Crippen LogP contribution is -2.22. The minimum Gasteiger partial charge on any atom is -0.493 e. The summed E-state index contributed by atoms with van der Waals surface area (Å²) >= 11 is 1.14. The molecule has 0 saturated heterocycles. The van der Waals surface area contributed by atoms with Crippen LogP contribution in [0.15, 0.2) is 34.2 Å². The zero-order chi connectivity index (χ0) is 23.3. The summed E-state index contributed by atoms with van der Waals surface area (Å²) in [6.07, 6.45) is 0. The van der Waals surface area contributed by atoms with Crippen molar-refractivity contribution in [2.45, 2.75) is 20.5 Å². The summed E-state index contributed by atoms with van der Waals surface area (Å²) in [4.78, 5) is 35.7. The van der Waals surface area contributed by atoms with Gasteiger partial charge < -0.3 is 29.8 Å². The molecule has 0 aliphatic heterocycles. The number of methoxy groups -OCH3 is 1. The van der Waals surface area contributed by atoms with Gasteiger partial charge >= 0.3 is 5.97 Å². The molecule has 3 N–H and O–H groups in total. The lowest BCUT2D eigenvalue weighted by atomic mass is 10.2. The maximum atomic E-state index is 12.3. The monoisotopic (exact) mass is 459 g/mol. The Hall–Kier alpha value is -3.86. The fourth-order valence-corrected chi connectivity index (χ4v) is 3.56. The molecule has 0 aliphatic carbocycles. The topological polar surface area (TPSA) is 143 Å². The number of nitrogens with one attached hydrogen (secondary N) is 1. The molecule has 0 bridgehead atoms. The van der Waals surface area contributed by atoms with Crippen molar-refractivity contribution < 1.29 is 33.1 Å². The van der Waals surface area contributed by atoms with E-state index in [0.29, 0.717) is 22.3 Å². The van der Waals surface area contributed by atoms with Crippen LogP contribution in [0.3, 0.4) is 0 Å². The smallest absolute Gasteiger partial charge is 0.338 e. The van der Waals surface area contributed by atoms with E-state index in [0.717, 1.165) is 22.6 Å². The molecule has 168 valence electrons. The molecule has 1 aromatic carbocycles. The molecule has 0 unspecified atom stereocenters. The number of aryl methyl sites for hydroxylation is 2. The summed E-state index contributed by atoms with van der Waals surface area (Å²) in [5, 5.41) is 8.28. The number of benzene rings is 1. The second-order valence-electron chi connectivity index (χ2n) is 6.61. The van der Waals surface area contributed by atoms with Gasteiger partial charge in [0.05, 0.1) is 29.5 Å². The number of nitrogens with two attached hydrogens (primary N) is 1. The molecule has 3 aromatic rings. The van der Waals surface area contributed by atoms with Gasteiger partial charge in [0.25, 0.3) is 11.8 Å². The molecule has 2 amide bonds. The molecule has 11 heteroatoms. The first-order valence-electron chi connectivity index (χ1n) is 9.37. The molecule has 10 nitrogen and oxygen atoms in total. The third kappa shape index (κ3) is 5.24. The number of nitrogens with zero attached hydrogens (tertiary/aromatic N) is 1. The predicted molar refractivity (Wildman–Crippen MR) is 115 cm³/mol. The summed E-state index contributed by atoms with van der Waals surface area (Å²) in [6.45, 7) is 3.28. The van der Waals surface area contributed by atoms with Gasteiger partial charge in [-0.2, -0.15) is 0 Å². The first-order chi connectivity index (χ1) is 15.3. The minimum atomic E-state index is -0.725. The minimum absolute atomic E-state index is 0.174. The van der Waals surface area contributed by atoms with Crippen molar-refractivity contribution in [2.24, 2.45) is 5.73 Å². The van der Waals surface area contributed by atoms with Crippen molar-refractivity contribution in [1.82, 2.24) is 5.16 Å². The number of primary amides is 1. The van der Waals surface area contributed by atoms with Crippen LogP contribution < -0.4 is 20.5 Å². The van der Waals surface area contributed by atoms with Crippen LogP contribution >= 0.6 is 11.3 Å². The van der Waals surface area contributed by atoms with E-state index >= 15 is 0 Å². The SMILES string of the molecule is COc1cc(C(=O)OCC(=O)Nc2sccc2C(N)=O)ccc1OCc1c(C)noc1C. The molecule has 0 fully saturated rings. The number of amides is 2. The Balaban J connectivity index is 1.59. The summed E-state index contributed by atoms with van der Waals surface area (Å²) < 4.78 is 21.2. The molecule has 0 aliphatic rings. The lowest BCUT2D eigenvalue weighted by molar-refractivity contribution is -0.119. The Morgan fingerprint density at radius 2 is 1.97 bits per heavy atom. The summed E-state index contributed by atoms with van der Waals surface area (Å²) in [5.74, 6) is -0.599. The molecule has 2 heterocycles. The molecule has 3 rings (SSSR count). The van der Waals surface area contributed by atoms with Gasteiger partial charge in [-0.05, 0) is 43.5 Å². The van der Waals surface area contributed by atoms with Gasteiger partial charge in [-0.1, -0.05) is 5.16 Å². The number of carbonyl (C=O) groups excluding carboxylic acids is 3. The van der Waals surface area contributed by atoms with E-state index in [1.165, 1.54) is 25.3 Å². The number of anilines is 1. The molecule has 32 heavy (non-hydrogen) atoms. The Labute approximate surface area is 187 Å². The van der Waals surface area contributed by atoms with Gasteiger partial charge in [0.15, 0.2) is 18.1 Å². The number of aromatic nitrogens is 1.